The Morgan fingerprint density at radius 1 is 1.48 bits per heavy atom. The molecular formula is C14H17N7OS. The number of anilines is 2. The largest absolute Gasteiger partial charge is 0.356 e. The fourth-order valence-corrected chi connectivity index (χ4v) is 3.80. The number of nitrogens with zero attached hydrogens (tertiary/aromatic N) is 5. The first-order chi connectivity index (χ1) is 11.2. The third-order valence-electron chi connectivity index (χ3n) is 3.90. The molecule has 0 bridgehead atoms. The first-order valence-corrected chi connectivity index (χ1v) is 8.39. The van der Waals surface area contributed by atoms with E-state index in [2.05, 4.69) is 25.4 Å². The van der Waals surface area contributed by atoms with Gasteiger partial charge in [-0.3, -0.25) is 4.79 Å². The maximum Gasteiger partial charge on any atom is 0.290 e. The van der Waals surface area contributed by atoms with Crippen LogP contribution in [0.15, 0.2) is 23.4 Å². The summed E-state index contributed by atoms with van der Waals surface area (Å²) in [4.78, 5) is 26.1. The van der Waals surface area contributed by atoms with E-state index in [1.807, 2.05) is 18.0 Å². The summed E-state index contributed by atoms with van der Waals surface area (Å²) in [6.45, 7) is 3.54. The van der Waals surface area contributed by atoms with Crippen molar-refractivity contribution in [1.82, 2.24) is 24.6 Å². The number of nitrogens with one attached hydrogen (secondary N) is 2. The van der Waals surface area contributed by atoms with Gasteiger partial charge in [-0.1, -0.05) is 11.3 Å². The van der Waals surface area contributed by atoms with Gasteiger partial charge in [0.2, 0.25) is 10.1 Å². The van der Waals surface area contributed by atoms with Crippen molar-refractivity contribution in [2.75, 3.05) is 23.3 Å². The molecule has 1 atom stereocenters. The Balaban J connectivity index is 1.49. The quantitative estimate of drug-likeness (QED) is 0.751. The second kappa shape index (κ2) is 5.65. The zero-order valence-electron chi connectivity index (χ0n) is 12.7. The van der Waals surface area contributed by atoms with Crippen molar-refractivity contribution in [1.29, 1.82) is 0 Å². The molecule has 0 saturated carbocycles. The lowest BCUT2D eigenvalue weighted by Gasteiger charge is -2.33. The van der Waals surface area contributed by atoms with E-state index >= 15 is 0 Å². The molecule has 120 valence electrons. The van der Waals surface area contributed by atoms with Gasteiger partial charge in [0, 0.05) is 31.5 Å². The van der Waals surface area contributed by atoms with Gasteiger partial charge in [0.1, 0.15) is 0 Å². The molecule has 0 spiro atoms. The molecule has 3 aromatic rings. The second-order valence-electron chi connectivity index (χ2n) is 5.69. The topological polar surface area (TPSA) is 91.2 Å². The molecule has 0 aliphatic carbocycles. The number of hydrogen-bond acceptors (Lipinski definition) is 7. The standard InChI is InChI=1S/C14H17N7OS/c1-9-7-21-14(17-9)23-13(19-21)18-10-3-2-6-20(8-10)11-12(22)16-5-4-15-11/h4-5,7,10H,2-3,6,8H2,1H3,(H,16,22)(H,18,19)/t10-/m0/s1. The van der Waals surface area contributed by atoms with Crippen molar-refractivity contribution in [2.45, 2.75) is 25.8 Å². The van der Waals surface area contributed by atoms with E-state index < -0.39 is 0 Å². The lowest BCUT2D eigenvalue weighted by atomic mass is 10.1. The lowest BCUT2D eigenvalue weighted by molar-refractivity contribution is 0.524. The Kier molecular flexibility index (Phi) is 3.49. The highest BCUT2D eigenvalue weighted by Gasteiger charge is 2.23. The van der Waals surface area contributed by atoms with Crippen molar-refractivity contribution in [3.05, 3.63) is 34.6 Å². The fourth-order valence-electron chi connectivity index (χ4n) is 2.90. The summed E-state index contributed by atoms with van der Waals surface area (Å²) >= 11 is 1.54. The third kappa shape index (κ3) is 2.79. The Labute approximate surface area is 136 Å². The summed E-state index contributed by atoms with van der Waals surface area (Å²) in [5, 5.41) is 8.82. The summed E-state index contributed by atoms with van der Waals surface area (Å²) in [5.74, 6) is 0.489. The molecule has 0 radical (unpaired) electrons. The van der Waals surface area contributed by atoms with Gasteiger partial charge >= 0.3 is 0 Å². The van der Waals surface area contributed by atoms with Crippen molar-refractivity contribution >= 4 is 27.2 Å². The molecule has 4 heterocycles. The van der Waals surface area contributed by atoms with Gasteiger partial charge < -0.3 is 15.2 Å². The molecule has 2 N–H and O–H groups in total. The minimum absolute atomic E-state index is 0.142. The monoisotopic (exact) mass is 331 g/mol. The number of aryl methyl sites for hydroxylation is 1. The molecule has 0 aromatic carbocycles. The number of fused-ring (bicyclic) bond motifs is 1. The number of hydrogen-bond donors (Lipinski definition) is 2. The summed E-state index contributed by atoms with van der Waals surface area (Å²) in [7, 11) is 0. The van der Waals surface area contributed by atoms with Gasteiger partial charge in [-0.05, 0) is 19.8 Å². The van der Waals surface area contributed by atoms with Crippen molar-refractivity contribution in [3.63, 3.8) is 0 Å². The maximum atomic E-state index is 11.9. The van der Waals surface area contributed by atoms with Crippen LogP contribution in [0.3, 0.4) is 0 Å². The van der Waals surface area contributed by atoms with E-state index in [0.717, 1.165) is 41.7 Å². The highest BCUT2D eigenvalue weighted by molar-refractivity contribution is 7.20. The molecule has 1 saturated heterocycles. The molecule has 1 aliphatic heterocycles. The lowest BCUT2D eigenvalue weighted by Crippen LogP contribution is -2.44. The van der Waals surface area contributed by atoms with Crippen LogP contribution in [0, 0.1) is 6.92 Å². The van der Waals surface area contributed by atoms with Gasteiger partial charge in [-0.25, -0.2) is 14.5 Å². The Morgan fingerprint density at radius 3 is 3.22 bits per heavy atom. The van der Waals surface area contributed by atoms with Gasteiger partial charge in [0.25, 0.3) is 5.56 Å². The summed E-state index contributed by atoms with van der Waals surface area (Å²) in [6, 6.07) is 0.238. The van der Waals surface area contributed by atoms with Gasteiger partial charge in [-0.2, -0.15) is 0 Å². The molecule has 0 unspecified atom stereocenters. The van der Waals surface area contributed by atoms with E-state index in [1.165, 1.54) is 11.3 Å². The van der Waals surface area contributed by atoms with Crippen LogP contribution in [-0.4, -0.2) is 43.7 Å². The average molecular weight is 331 g/mol. The Bertz CT molecular complexity index is 851. The summed E-state index contributed by atoms with van der Waals surface area (Å²) < 4.78 is 1.80. The first kappa shape index (κ1) is 14.2. The van der Waals surface area contributed by atoms with E-state index in [4.69, 9.17) is 0 Å². The first-order valence-electron chi connectivity index (χ1n) is 7.57. The summed E-state index contributed by atoms with van der Waals surface area (Å²) in [5.41, 5.74) is 0.824. The molecule has 1 fully saturated rings. The predicted molar refractivity (Wildman–Crippen MR) is 89.3 cm³/mol. The average Bonchev–Trinajstić information content (AvgIpc) is 3.04. The van der Waals surface area contributed by atoms with Crippen molar-refractivity contribution < 1.29 is 0 Å². The highest BCUT2D eigenvalue weighted by atomic mass is 32.1. The zero-order chi connectivity index (χ0) is 15.8. The van der Waals surface area contributed by atoms with Crippen LogP contribution in [-0.2, 0) is 0 Å². The maximum absolute atomic E-state index is 11.9. The summed E-state index contributed by atoms with van der Waals surface area (Å²) in [6.07, 6.45) is 7.14. The normalized spacial score (nSPS) is 18.5. The van der Waals surface area contributed by atoms with Crippen molar-refractivity contribution in [2.24, 2.45) is 0 Å². The van der Waals surface area contributed by atoms with E-state index in [-0.39, 0.29) is 11.6 Å². The van der Waals surface area contributed by atoms with Gasteiger partial charge in [0.05, 0.1) is 11.9 Å². The van der Waals surface area contributed by atoms with Crippen LogP contribution in [0.5, 0.6) is 0 Å². The number of aromatic nitrogens is 5. The van der Waals surface area contributed by atoms with Gasteiger partial charge in [0.15, 0.2) is 5.82 Å². The molecule has 8 nitrogen and oxygen atoms in total. The van der Waals surface area contributed by atoms with Crippen LogP contribution in [0.2, 0.25) is 0 Å². The molecular weight excluding hydrogens is 314 g/mol. The highest BCUT2D eigenvalue weighted by Crippen LogP contribution is 2.23. The van der Waals surface area contributed by atoms with E-state index in [9.17, 15) is 4.79 Å². The molecule has 3 aromatic heterocycles. The predicted octanol–water partition coefficient (Wildman–Crippen LogP) is 1.26. The number of imidazole rings is 1. The molecule has 1 aliphatic rings. The van der Waals surface area contributed by atoms with Crippen LogP contribution >= 0.6 is 11.3 Å². The van der Waals surface area contributed by atoms with Crippen LogP contribution in [0.4, 0.5) is 10.9 Å². The fraction of sp³-hybridized carbons (Fsp3) is 0.429. The van der Waals surface area contributed by atoms with Gasteiger partial charge in [-0.15, -0.1) is 5.10 Å². The molecule has 23 heavy (non-hydrogen) atoms. The minimum Gasteiger partial charge on any atom is -0.356 e. The van der Waals surface area contributed by atoms with Crippen LogP contribution in [0.1, 0.15) is 18.5 Å². The van der Waals surface area contributed by atoms with Crippen LogP contribution in [0.25, 0.3) is 4.96 Å². The minimum atomic E-state index is -0.142. The van der Waals surface area contributed by atoms with Crippen molar-refractivity contribution in [3.8, 4) is 0 Å². The number of piperidine rings is 1. The molecule has 0 amide bonds. The smallest absolute Gasteiger partial charge is 0.290 e. The van der Waals surface area contributed by atoms with E-state index in [1.54, 1.807) is 16.9 Å². The molecule has 4 rings (SSSR count). The Morgan fingerprint density at radius 2 is 2.39 bits per heavy atom. The van der Waals surface area contributed by atoms with E-state index in [0.29, 0.717) is 5.82 Å². The Hall–Kier alpha value is -2.42. The number of H-pyrrole nitrogens is 1. The zero-order valence-corrected chi connectivity index (χ0v) is 13.5. The number of rotatable bonds is 3. The third-order valence-corrected chi connectivity index (χ3v) is 4.75. The number of aromatic amines is 1. The second-order valence-corrected chi connectivity index (χ2v) is 6.64. The van der Waals surface area contributed by atoms with Crippen LogP contribution < -0.4 is 15.8 Å². The molecule has 9 heteroatoms. The SMILES string of the molecule is Cc1cn2nc(N[C@H]3CCCN(c4ncc[nH]c4=O)C3)sc2n1.